The van der Waals surface area contributed by atoms with Crippen molar-refractivity contribution in [1.29, 1.82) is 0 Å². The Hall–Kier alpha value is -3.24. The van der Waals surface area contributed by atoms with Gasteiger partial charge in [0.25, 0.3) is 11.8 Å². The van der Waals surface area contributed by atoms with Gasteiger partial charge >= 0.3 is 0 Å². The van der Waals surface area contributed by atoms with E-state index in [0.29, 0.717) is 29.8 Å². The number of carbonyl (C=O) groups excluding carboxylic acids is 3. The van der Waals surface area contributed by atoms with Gasteiger partial charge in [0.1, 0.15) is 5.75 Å². The van der Waals surface area contributed by atoms with Gasteiger partial charge in [0, 0.05) is 31.7 Å². The molecule has 0 bridgehead atoms. The molecule has 1 saturated heterocycles. The lowest BCUT2D eigenvalue weighted by molar-refractivity contribution is -0.120. The van der Waals surface area contributed by atoms with Crippen LogP contribution in [0.15, 0.2) is 47.4 Å². The summed E-state index contributed by atoms with van der Waals surface area (Å²) >= 11 is 0. The minimum atomic E-state index is -3.65. The van der Waals surface area contributed by atoms with Gasteiger partial charge in [0.2, 0.25) is 15.9 Å². The van der Waals surface area contributed by atoms with Gasteiger partial charge in [0.15, 0.2) is 0 Å². The van der Waals surface area contributed by atoms with Gasteiger partial charge in [-0.05, 0) is 55.3 Å². The van der Waals surface area contributed by atoms with E-state index < -0.39 is 15.9 Å². The van der Waals surface area contributed by atoms with Crippen LogP contribution in [0.1, 0.15) is 33.6 Å². The summed E-state index contributed by atoms with van der Waals surface area (Å²) < 4.78 is 32.2. The quantitative estimate of drug-likeness (QED) is 0.687. The number of nitrogens with zero attached hydrogens (tertiary/aromatic N) is 2. The second kappa shape index (κ2) is 8.36. The molecule has 0 aliphatic carbocycles. The minimum absolute atomic E-state index is 0.184. The molecule has 10 heteroatoms. The fourth-order valence-corrected chi connectivity index (χ4v) is 5.41. The van der Waals surface area contributed by atoms with Crippen molar-refractivity contribution in [3.05, 3.63) is 53.6 Å². The molecular formula is C22H23N3O6S. The van der Waals surface area contributed by atoms with Crippen LogP contribution in [0.25, 0.3) is 0 Å². The van der Waals surface area contributed by atoms with E-state index in [1.165, 1.54) is 42.7 Å². The molecule has 0 unspecified atom stereocenters. The summed E-state index contributed by atoms with van der Waals surface area (Å²) in [5.74, 6) is -0.794. The molecule has 2 aromatic rings. The average Bonchev–Trinajstić information content (AvgIpc) is 3.02. The van der Waals surface area contributed by atoms with Crippen LogP contribution >= 0.6 is 0 Å². The predicted molar refractivity (Wildman–Crippen MR) is 116 cm³/mol. The first kappa shape index (κ1) is 22.0. The molecule has 2 aromatic carbocycles. The molecule has 1 fully saturated rings. The zero-order valence-corrected chi connectivity index (χ0v) is 18.5. The molecule has 32 heavy (non-hydrogen) atoms. The summed E-state index contributed by atoms with van der Waals surface area (Å²) in [6, 6.07) is 10.8. The third-order valence-electron chi connectivity index (χ3n) is 5.88. The Morgan fingerprint density at radius 3 is 2.25 bits per heavy atom. The van der Waals surface area contributed by atoms with E-state index in [1.807, 2.05) is 0 Å². The maximum atomic E-state index is 12.9. The molecule has 0 aromatic heterocycles. The number of hydrogen-bond acceptors (Lipinski definition) is 6. The zero-order chi connectivity index (χ0) is 23.0. The summed E-state index contributed by atoms with van der Waals surface area (Å²) in [5.41, 5.74) is 1.00. The number of nitrogens with one attached hydrogen (secondary N) is 1. The first-order chi connectivity index (χ1) is 15.2. The van der Waals surface area contributed by atoms with E-state index >= 15 is 0 Å². The van der Waals surface area contributed by atoms with Crippen LogP contribution in [0, 0.1) is 5.92 Å². The van der Waals surface area contributed by atoms with E-state index in [4.69, 9.17) is 4.74 Å². The van der Waals surface area contributed by atoms with Crippen molar-refractivity contribution in [3.63, 3.8) is 0 Å². The number of fused-ring (bicyclic) bond motifs is 1. The van der Waals surface area contributed by atoms with Crippen molar-refractivity contribution in [2.75, 3.05) is 32.6 Å². The van der Waals surface area contributed by atoms with Crippen molar-refractivity contribution >= 4 is 33.4 Å². The maximum absolute atomic E-state index is 12.9. The highest BCUT2D eigenvalue weighted by atomic mass is 32.2. The molecule has 0 radical (unpaired) electrons. The summed E-state index contributed by atoms with van der Waals surface area (Å²) in [7, 11) is -0.721. The number of amides is 3. The second-order valence-electron chi connectivity index (χ2n) is 7.77. The van der Waals surface area contributed by atoms with Gasteiger partial charge in [-0.1, -0.05) is 0 Å². The monoisotopic (exact) mass is 457 g/mol. The fraction of sp³-hybridized carbons (Fsp3) is 0.318. The summed E-state index contributed by atoms with van der Waals surface area (Å²) in [5, 5.41) is 2.79. The SMILES string of the molecule is COc1ccc(S(=O)(=O)N2CCC(C(=O)Nc3ccc4c(c3)C(=O)N(C)C4=O)CC2)cc1. The van der Waals surface area contributed by atoms with E-state index in [2.05, 4.69) is 5.32 Å². The van der Waals surface area contributed by atoms with Crippen LogP contribution in [0.2, 0.25) is 0 Å². The van der Waals surface area contributed by atoms with E-state index in [9.17, 15) is 22.8 Å². The lowest BCUT2D eigenvalue weighted by Gasteiger charge is -2.30. The molecular weight excluding hydrogens is 434 g/mol. The lowest BCUT2D eigenvalue weighted by atomic mass is 9.97. The van der Waals surface area contributed by atoms with Crippen molar-refractivity contribution in [2.45, 2.75) is 17.7 Å². The number of benzene rings is 2. The van der Waals surface area contributed by atoms with Gasteiger partial charge in [0.05, 0.1) is 23.1 Å². The highest BCUT2D eigenvalue weighted by Crippen LogP contribution is 2.28. The number of carbonyl (C=O) groups is 3. The van der Waals surface area contributed by atoms with E-state index in [0.717, 1.165) is 4.90 Å². The Bertz CT molecular complexity index is 1180. The number of methoxy groups -OCH3 is 1. The fourth-order valence-electron chi connectivity index (χ4n) is 3.94. The van der Waals surface area contributed by atoms with Crippen LogP contribution < -0.4 is 10.1 Å². The molecule has 0 saturated carbocycles. The van der Waals surface area contributed by atoms with Crippen LogP contribution in [-0.4, -0.2) is 62.6 Å². The number of ether oxygens (including phenoxy) is 1. The normalized spacial score (nSPS) is 17.4. The summed E-state index contributed by atoms with van der Waals surface area (Å²) in [4.78, 5) is 38.1. The van der Waals surface area contributed by atoms with Crippen molar-refractivity contribution in [2.24, 2.45) is 5.92 Å². The Balaban J connectivity index is 1.39. The Morgan fingerprint density at radius 2 is 1.62 bits per heavy atom. The summed E-state index contributed by atoms with van der Waals surface area (Å²) in [6.07, 6.45) is 0.763. The highest BCUT2D eigenvalue weighted by molar-refractivity contribution is 7.89. The average molecular weight is 458 g/mol. The van der Waals surface area contributed by atoms with E-state index in [1.54, 1.807) is 18.2 Å². The van der Waals surface area contributed by atoms with Gasteiger partial charge in [-0.3, -0.25) is 19.3 Å². The number of hydrogen-bond donors (Lipinski definition) is 1. The molecule has 0 atom stereocenters. The lowest BCUT2D eigenvalue weighted by Crippen LogP contribution is -2.41. The first-order valence-corrected chi connectivity index (χ1v) is 11.6. The predicted octanol–water partition coefficient (Wildman–Crippen LogP) is 1.96. The van der Waals surface area contributed by atoms with Gasteiger partial charge in [-0.2, -0.15) is 4.31 Å². The molecule has 1 N–H and O–H groups in total. The highest BCUT2D eigenvalue weighted by Gasteiger charge is 2.34. The van der Waals surface area contributed by atoms with Crippen molar-refractivity contribution in [1.82, 2.24) is 9.21 Å². The number of rotatable bonds is 5. The standard InChI is InChI=1S/C22H23N3O6S/c1-24-21(27)18-8-3-15(13-19(18)22(24)28)23-20(26)14-9-11-25(12-10-14)32(29,30)17-6-4-16(31-2)5-7-17/h3-8,13-14H,9-12H2,1-2H3,(H,23,26). The smallest absolute Gasteiger partial charge is 0.261 e. The molecule has 3 amide bonds. The van der Waals surface area contributed by atoms with Gasteiger partial charge < -0.3 is 10.1 Å². The molecule has 4 rings (SSSR count). The van der Waals surface area contributed by atoms with Crippen LogP contribution in [0.3, 0.4) is 0 Å². The zero-order valence-electron chi connectivity index (χ0n) is 17.7. The summed E-state index contributed by atoms with van der Waals surface area (Å²) in [6.45, 7) is 0.461. The molecule has 2 heterocycles. The third-order valence-corrected chi connectivity index (χ3v) is 7.79. The van der Waals surface area contributed by atoms with Crippen molar-refractivity contribution in [3.8, 4) is 5.75 Å². The number of anilines is 1. The van der Waals surface area contributed by atoms with Crippen LogP contribution in [0.5, 0.6) is 5.75 Å². The molecule has 168 valence electrons. The van der Waals surface area contributed by atoms with Crippen LogP contribution in [-0.2, 0) is 14.8 Å². The molecule has 2 aliphatic heterocycles. The van der Waals surface area contributed by atoms with Crippen molar-refractivity contribution < 1.29 is 27.5 Å². The van der Waals surface area contributed by atoms with E-state index in [-0.39, 0.29) is 41.3 Å². The second-order valence-corrected chi connectivity index (χ2v) is 9.71. The molecule has 2 aliphatic rings. The number of imide groups is 1. The Morgan fingerprint density at radius 1 is 1.00 bits per heavy atom. The van der Waals surface area contributed by atoms with Gasteiger partial charge in [-0.25, -0.2) is 8.42 Å². The Kier molecular flexibility index (Phi) is 5.74. The first-order valence-electron chi connectivity index (χ1n) is 10.1. The third kappa shape index (κ3) is 3.87. The largest absolute Gasteiger partial charge is 0.497 e. The topological polar surface area (TPSA) is 113 Å². The van der Waals surface area contributed by atoms with Crippen LogP contribution in [0.4, 0.5) is 5.69 Å². The van der Waals surface area contributed by atoms with Gasteiger partial charge in [-0.15, -0.1) is 0 Å². The Labute approximate surface area is 186 Å². The molecule has 9 nitrogen and oxygen atoms in total. The number of piperidine rings is 1. The number of sulfonamides is 1. The minimum Gasteiger partial charge on any atom is -0.497 e. The maximum Gasteiger partial charge on any atom is 0.261 e. The molecule has 0 spiro atoms.